The summed E-state index contributed by atoms with van der Waals surface area (Å²) in [6, 6.07) is 4.53. The van der Waals surface area contributed by atoms with Crippen LogP contribution in [0, 0.1) is 5.82 Å². The Hall–Kier alpha value is -1.88. The molecule has 3 aromatic rings. The molecule has 0 amide bonds. The van der Waals surface area contributed by atoms with Crippen LogP contribution < -0.4 is 10.5 Å². The zero-order valence-corrected chi connectivity index (χ0v) is 11.7. The van der Waals surface area contributed by atoms with Gasteiger partial charge >= 0.3 is 0 Å². The van der Waals surface area contributed by atoms with Gasteiger partial charge in [0.15, 0.2) is 0 Å². The highest BCUT2D eigenvalue weighted by atomic mass is 32.1. The van der Waals surface area contributed by atoms with Crippen molar-refractivity contribution in [3.63, 3.8) is 0 Å². The quantitative estimate of drug-likeness (QED) is 0.683. The Morgan fingerprint density at radius 3 is 2.74 bits per heavy atom. The van der Waals surface area contributed by atoms with Gasteiger partial charge in [-0.15, -0.1) is 11.3 Å². The summed E-state index contributed by atoms with van der Waals surface area (Å²) < 4.78 is 15.9. The zero-order chi connectivity index (χ0) is 13.7. The number of anilines is 1. The third-order valence-electron chi connectivity index (χ3n) is 3.34. The molecule has 0 aliphatic carbocycles. The molecule has 0 saturated carbocycles. The van der Waals surface area contributed by atoms with Crippen LogP contribution in [0.2, 0.25) is 0 Å². The van der Waals surface area contributed by atoms with Crippen molar-refractivity contribution < 1.29 is 4.39 Å². The van der Waals surface area contributed by atoms with Crippen molar-refractivity contribution in [2.45, 2.75) is 0 Å². The number of aromatic nitrogens is 1. The van der Waals surface area contributed by atoms with Crippen molar-refractivity contribution in [1.82, 2.24) is 4.57 Å². The standard InChI is InChI=1S/C14H13FN2OS/c1-16(2)11-7-19-13-9-6-8(15)4-5-10(9)17(3)14(18)12(11)13/h4-7H,1-3H3. The normalized spacial score (nSPS) is 11.4. The fourth-order valence-electron chi connectivity index (χ4n) is 2.34. The predicted molar refractivity (Wildman–Crippen MR) is 78.9 cm³/mol. The minimum absolute atomic E-state index is 0.0425. The Morgan fingerprint density at radius 1 is 1.32 bits per heavy atom. The van der Waals surface area contributed by atoms with E-state index in [9.17, 15) is 9.18 Å². The van der Waals surface area contributed by atoms with Crippen molar-refractivity contribution in [3.8, 4) is 0 Å². The van der Waals surface area contributed by atoms with Gasteiger partial charge in [-0.1, -0.05) is 0 Å². The predicted octanol–water partition coefficient (Wildman–Crippen LogP) is 2.96. The Labute approximate surface area is 113 Å². The smallest absolute Gasteiger partial charge is 0.261 e. The maximum Gasteiger partial charge on any atom is 0.261 e. The van der Waals surface area contributed by atoms with Gasteiger partial charge in [0.25, 0.3) is 5.56 Å². The minimum atomic E-state index is -0.285. The van der Waals surface area contributed by atoms with Crippen LogP contribution in [0.15, 0.2) is 28.4 Å². The van der Waals surface area contributed by atoms with Gasteiger partial charge < -0.3 is 9.47 Å². The molecule has 0 fully saturated rings. The number of nitrogens with zero attached hydrogens (tertiary/aromatic N) is 2. The molecule has 0 aliphatic rings. The van der Waals surface area contributed by atoms with Crippen LogP contribution in [-0.4, -0.2) is 18.7 Å². The third kappa shape index (κ3) is 1.65. The van der Waals surface area contributed by atoms with E-state index in [1.54, 1.807) is 17.7 Å². The van der Waals surface area contributed by atoms with Gasteiger partial charge in [-0.2, -0.15) is 0 Å². The third-order valence-corrected chi connectivity index (χ3v) is 4.34. The van der Waals surface area contributed by atoms with Crippen molar-refractivity contribution in [2.75, 3.05) is 19.0 Å². The van der Waals surface area contributed by atoms with Gasteiger partial charge in [0.2, 0.25) is 0 Å². The van der Waals surface area contributed by atoms with E-state index < -0.39 is 0 Å². The molecular weight excluding hydrogens is 263 g/mol. The molecule has 2 heterocycles. The van der Waals surface area contributed by atoms with E-state index >= 15 is 0 Å². The molecule has 0 spiro atoms. The average Bonchev–Trinajstić information content (AvgIpc) is 2.80. The lowest BCUT2D eigenvalue weighted by molar-refractivity contribution is 0.629. The van der Waals surface area contributed by atoms with Crippen molar-refractivity contribution >= 4 is 38.0 Å². The van der Waals surface area contributed by atoms with Crippen LogP contribution in [0.5, 0.6) is 0 Å². The first kappa shape index (κ1) is 12.2. The fraction of sp³-hybridized carbons (Fsp3) is 0.214. The summed E-state index contributed by atoms with van der Waals surface area (Å²) in [6.07, 6.45) is 0. The molecule has 0 radical (unpaired) electrons. The topological polar surface area (TPSA) is 25.2 Å². The maximum absolute atomic E-state index is 13.5. The Bertz CT molecular complexity index is 848. The first-order valence-electron chi connectivity index (χ1n) is 5.87. The number of fused-ring (bicyclic) bond motifs is 3. The number of hydrogen-bond donors (Lipinski definition) is 0. The molecule has 0 aliphatic heterocycles. The van der Waals surface area contributed by atoms with E-state index in [4.69, 9.17) is 0 Å². The summed E-state index contributed by atoms with van der Waals surface area (Å²) in [7, 11) is 5.52. The van der Waals surface area contributed by atoms with Gasteiger partial charge in [-0.05, 0) is 18.2 Å². The summed E-state index contributed by atoms with van der Waals surface area (Å²) in [5.74, 6) is -0.285. The minimum Gasteiger partial charge on any atom is -0.376 e. The Kier molecular flexibility index (Phi) is 2.60. The highest BCUT2D eigenvalue weighted by Gasteiger charge is 2.15. The van der Waals surface area contributed by atoms with Crippen LogP contribution in [0.1, 0.15) is 0 Å². The monoisotopic (exact) mass is 276 g/mol. The summed E-state index contributed by atoms with van der Waals surface area (Å²) in [6.45, 7) is 0. The van der Waals surface area contributed by atoms with Crippen LogP contribution in [0.4, 0.5) is 10.1 Å². The zero-order valence-electron chi connectivity index (χ0n) is 10.9. The number of aryl methyl sites for hydroxylation is 1. The van der Waals surface area contributed by atoms with E-state index in [2.05, 4.69) is 0 Å². The second-order valence-corrected chi connectivity index (χ2v) is 5.62. The fourth-order valence-corrected chi connectivity index (χ4v) is 3.50. The Balaban J connectivity index is 2.61. The SMILES string of the molecule is CN(C)c1csc2c1c(=O)n(C)c1ccc(F)cc21. The first-order chi connectivity index (χ1) is 9.00. The maximum atomic E-state index is 13.5. The molecule has 0 unspecified atom stereocenters. The van der Waals surface area contributed by atoms with Gasteiger partial charge in [0, 0.05) is 31.9 Å². The molecule has 0 atom stereocenters. The van der Waals surface area contributed by atoms with Crippen LogP contribution in [-0.2, 0) is 7.05 Å². The molecule has 0 bridgehead atoms. The summed E-state index contributed by atoms with van der Waals surface area (Å²) in [5, 5.41) is 3.39. The van der Waals surface area contributed by atoms with E-state index in [1.807, 2.05) is 24.4 Å². The summed E-state index contributed by atoms with van der Waals surface area (Å²) in [4.78, 5) is 14.4. The summed E-state index contributed by atoms with van der Waals surface area (Å²) >= 11 is 1.48. The van der Waals surface area contributed by atoms with Crippen molar-refractivity contribution in [1.29, 1.82) is 0 Å². The number of benzene rings is 1. The van der Waals surface area contributed by atoms with Gasteiger partial charge in [0.05, 0.1) is 21.3 Å². The van der Waals surface area contributed by atoms with Gasteiger partial charge in [-0.25, -0.2) is 4.39 Å². The molecule has 5 heteroatoms. The number of rotatable bonds is 1. The van der Waals surface area contributed by atoms with E-state index in [-0.39, 0.29) is 11.4 Å². The average molecular weight is 276 g/mol. The van der Waals surface area contributed by atoms with Crippen LogP contribution >= 0.6 is 11.3 Å². The highest BCUT2D eigenvalue weighted by Crippen LogP contribution is 2.34. The second kappa shape index (κ2) is 4.06. The number of hydrogen-bond acceptors (Lipinski definition) is 3. The van der Waals surface area contributed by atoms with E-state index in [1.165, 1.54) is 23.5 Å². The lowest BCUT2D eigenvalue weighted by Gasteiger charge is -2.12. The molecule has 2 aromatic heterocycles. The Morgan fingerprint density at radius 2 is 2.05 bits per heavy atom. The molecule has 3 nitrogen and oxygen atoms in total. The van der Waals surface area contributed by atoms with E-state index in [0.717, 1.165) is 21.3 Å². The molecule has 1 aromatic carbocycles. The van der Waals surface area contributed by atoms with Crippen LogP contribution in [0.25, 0.3) is 21.0 Å². The first-order valence-corrected chi connectivity index (χ1v) is 6.75. The number of thiophene rings is 1. The molecule has 98 valence electrons. The lowest BCUT2D eigenvalue weighted by Crippen LogP contribution is -2.19. The molecule has 0 N–H and O–H groups in total. The van der Waals surface area contributed by atoms with Crippen molar-refractivity contribution in [2.24, 2.45) is 7.05 Å². The lowest BCUT2D eigenvalue weighted by atomic mass is 10.1. The molecule has 3 rings (SSSR count). The van der Waals surface area contributed by atoms with Crippen molar-refractivity contribution in [3.05, 3.63) is 39.8 Å². The van der Waals surface area contributed by atoms with E-state index in [0.29, 0.717) is 5.39 Å². The van der Waals surface area contributed by atoms with Crippen LogP contribution in [0.3, 0.4) is 0 Å². The summed E-state index contributed by atoms with van der Waals surface area (Å²) in [5.41, 5.74) is 1.59. The van der Waals surface area contributed by atoms with Gasteiger partial charge in [0.1, 0.15) is 5.82 Å². The number of halogens is 1. The molecular formula is C14H13FN2OS. The molecule has 0 saturated heterocycles. The van der Waals surface area contributed by atoms with Gasteiger partial charge in [-0.3, -0.25) is 4.79 Å². The molecule has 19 heavy (non-hydrogen) atoms. The number of pyridine rings is 1. The highest BCUT2D eigenvalue weighted by molar-refractivity contribution is 7.18. The second-order valence-electron chi connectivity index (χ2n) is 4.75. The largest absolute Gasteiger partial charge is 0.376 e.